The summed E-state index contributed by atoms with van der Waals surface area (Å²) in [5.41, 5.74) is 4.43. The van der Waals surface area contributed by atoms with Gasteiger partial charge < -0.3 is 14.7 Å². The lowest BCUT2D eigenvalue weighted by Gasteiger charge is -2.23. The van der Waals surface area contributed by atoms with E-state index in [4.69, 9.17) is 7.73 Å². The molecule has 4 aromatic rings. The number of fused-ring (bicyclic) bond motifs is 2. The number of aromatic nitrogens is 1. The van der Waals surface area contributed by atoms with E-state index in [0.717, 1.165) is 37.0 Å². The highest BCUT2D eigenvalue weighted by Gasteiger charge is 2.13. The van der Waals surface area contributed by atoms with Crippen LogP contribution >= 0.6 is 0 Å². The highest BCUT2D eigenvalue weighted by atomic mass is 15.1. The van der Waals surface area contributed by atoms with Gasteiger partial charge in [-0.15, -0.1) is 0 Å². The highest BCUT2D eigenvalue weighted by molar-refractivity contribution is 6.09. The van der Waals surface area contributed by atoms with Crippen molar-refractivity contribution in [3.63, 3.8) is 0 Å². The van der Waals surface area contributed by atoms with Crippen molar-refractivity contribution >= 4 is 33.2 Å². The van der Waals surface area contributed by atoms with Crippen LogP contribution in [0.4, 0.5) is 11.4 Å². The summed E-state index contributed by atoms with van der Waals surface area (Å²) in [4.78, 5) is 11.2. The molecule has 0 unspecified atom stereocenters. The topological polar surface area (TPSA) is 22.6 Å². The zero-order valence-electron chi connectivity index (χ0n) is 25.5. The molecular weight excluding hydrogens is 500 g/mol. The average molecular weight is 573 g/mol. The molecule has 0 fully saturated rings. The van der Waals surface area contributed by atoms with Gasteiger partial charge in [0.2, 0.25) is 0 Å². The van der Waals surface area contributed by atoms with E-state index >= 15 is 0 Å². The van der Waals surface area contributed by atoms with Gasteiger partial charge >= 0.3 is 0 Å². The minimum absolute atomic E-state index is 0. The standard InChI is InChI=1S/C20H16N2.2C5H13N.C2H6.5CH4/c1-22(15-9-3-2-4-10-15)20-16-11-5-7-13-18(16)21-19-14-8-6-12-17(19)20;2*1-4-5-6(2)3;1-2;;;;;/h2-14H,1H3;2*4-5H2,1-3H3;1-2H3;5*1H4/i;2*1T;;;;;;. The number of para-hydroxylation sites is 3. The Bertz CT molecular complexity index is 1090. The van der Waals surface area contributed by atoms with Gasteiger partial charge in [-0.1, -0.05) is 119 Å². The third-order valence-corrected chi connectivity index (χ3v) is 5.25. The van der Waals surface area contributed by atoms with E-state index < -0.39 is 0 Å². The summed E-state index contributed by atoms with van der Waals surface area (Å²) in [5.74, 6) is 0. The molecule has 4 rings (SSSR count). The molecule has 0 saturated carbocycles. The number of pyridine rings is 1. The zero-order chi connectivity index (χ0) is 28.3. The summed E-state index contributed by atoms with van der Waals surface area (Å²) in [6.07, 6.45) is 1.99. The van der Waals surface area contributed by atoms with Crippen molar-refractivity contribution < 1.29 is 2.74 Å². The molecule has 0 aliphatic heterocycles. The molecule has 1 aromatic heterocycles. The lowest BCUT2D eigenvalue weighted by atomic mass is 10.1. The smallest absolute Gasteiger partial charge is 0.0730 e. The quantitative estimate of drug-likeness (QED) is 0.214. The lowest BCUT2D eigenvalue weighted by molar-refractivity contribution is 0.408. The van der Waals surface area contributed by atoms with Crippen molar-refractivity contribution in [2.45, 2.75) is 77.6 Å². The highest BCUT2D eigenvalue weighted by Crippen LogP contribution is 2.36. The maximum atomic E-state index is 6.77. The van der Waals surface area contributed by atoms with Gasteiger partial charge in [-0.25, -0.2) is 4.98 Å². The van der Waals surface area contributed by atoms with Gasteiger partial charge in [-0.05, 0) is 78.4 Å². The van der Waals surface area contributed by atoms with Gasteiger partial charge in [0.05, 0.1) is 16.7 Å². The maximum absolute atomic E-state index is 6.77. The fraction of sp³-hybridized carbons (Fsp3) is 0.486. The summed E-state index contributed by atoms with van der Waals surface area (Å²) in [6, 6.07) is 27.1. The number of hydrogen-bond acceptors (Lipinski definition) is 4. The SMILES string of the molecule is C.C.C.C.C.CC.CN(c1ccccc1)c1c2ccccc2nc2ccccc12.[3H]CCCN(C)C.[3H]CCCN(C)C. The lowest BCUT2D eigenvalue weighted by Crippen LogP contribution is -2.11. The van der Waals surface area contributed by atoms with Crippen molar-refractivity contribution in [2.75, 3.05) is 53.2 Å². The zero-order valence-corrected chi connectivity index (χ0v) is 23.5. The molecule has 0 aliphatic rings. The molecule has 4 nitrogen and oxygen atoms in total. The predicted octanol–water partition coefficient (Wildman–Crippen LogP) is 11.3. The number of nitrogens with zero attached hydrogens (tertiary/aromatic N) is 4. The first-order chi connectivity index (χ1) is 18.4. The molecular formula is C37H68N4. The molecule has 4 heteroatoms. The van der Waals surface area contributed by atoms with Crippen LogP contribution in [-0.4, -0.2) is 63.1 Å². The van der Waals surface area contributed by atoms with Gasteiger partial charge in [0.15, 0.2) is 0 Å². The number of benzene rings is 3. The van der Waals surface area contributed by atoms with Crippen LogP contribution in [0.3, 0.4) is 0 Å². The third-order valence-electron chi connectivity index (χ3n) is 5.25. The summed E-state index contributed by atoms with van der Waals surface area (Å²) < 4.78 is 13.5. The normalized spacial score (nSPS) is 9.59. The second kappa shape index (κ2) is 27.2. The van der Waals surface area contributed by atoms with Gasteiger partial charge in [0, 0.05) is 26.2 Å². The Morgan fingerprint density at radius 1 is 0.561 bits per heavy atom. The van der Waals surface area contributed by atoms with E-state index in [-0.39, 0.29) is 37.1 Å². The predicted molar refractivity (Wildman–Crippen MR) is 196 cm³/mol. The van der Waals surface area contributed by atoms with Crippen molar-refractivity contribution in [3.8, 4) is 0 Å². The van der Waals surface area contributed by atoms with Gasteiger partial charge in [-0.2, -0.15) is 0 Å². The maximum Gasteiger partial charge on any atom is 0.0730 e. The third kappa shape index (κ3) is 16.2. The molecule has 0 spiro atoms. The van der Waals surface area contributed by atoms with Crippen LogP contribution in [0.15, 0.2) is 78.9 Å². The van der Waals surface area contributed by atoms with Gasteiger partial charge in [0.25, 0.3) is 0 Å². The average Bonchev–Trinajstić information content (AvgIpc) is 2.95. The second-order valence-electron chi connectivity index (χ2n) is 8.70. The Morgan fingerprint density at radius 2 is 0.927 bits per heavy atom. The number of rotatable bonds is 6. The molecule has 236 valence electrons. The Labute approximate surface area is 260 Å². The second-order valence-corrected chi connectivity index (χ2v) is 8.70. The monoisotopic (exact) mass is 573 g/mol. The largest absolute Gasteiger partial charge is 0.344 e. The van der Waals surface area contributed by atoms with Crippen LogP contribution in [-0.2, 0) is 0 Å². The molecule has 0 amide bonds. The molecule has 41 heavy (non-hydrogen) atoms. The molecule has 0 saturated heterocycles. The minimum atomic E-state index is 0. The molecule has 3 aromatic carbocycles. The van der Waals surface area contributed by atoms with Crippen molar-refractivity contribution in [1.29, 1.82) is 0 Å². The van der Waals surface area contributed by atoms with E-state index in [0.29, 0.717) is 13.8 Å². The van der Waals surface area contributed by atoms with E-state index in [9.17, 15) is 0 Å². The summed E-state index contributed by atoms with van der Waals surface area (Å²) in [6.45, 7) is 7.20. The first kappa shape index (κ1) is 42.5. The van der Waals surface area contributed by atoms with E-state index in [1.807, 2.05) is 60.2 Å². The van der Waals surface area contributed by atoms with Crippen molar-refractivity contribution in [3.05, 3.63) is 78.9 Å². The Balaban J connectivity index is -0.000000196. The van der Waals surface area contributed by atoms with Gasteiger partial charge in [-0.3, -0.25) is 0 Å². The molecule has 0 N–H and O–H groups in total. The fourth-order valence-corrected chi connectivity index (χ4v) is 3.59. The molecule has 0 bridgehead atoms. The van der Waals surface area contributed by atoms with Crippen LogP contribution in [0.25, 0.3) is 21.8 Å². The summed E-state index contributed by atoms with van der Waals surface area (Å²) in [7, 11) is 10.2. The molecule has 0 radical (unpaired) electrons. The van der Waals surface area contributed by atoms with Crippen LogP contribution in [0.5, 0.6) is 0 Å². The molecule has 1 heterocycles. The van der Waals surface area contributed by atoms with Crippen molar-refractivity contribution in [2.24, 2.45) is 0 Å². The molecule has 0 atom stereocenters. The van der Waals surface area contributed by atoms with E-state index in [2.05, 4.69) is 82.4 Å². The Hall–Kier alpha value is -2.95. The van der Waals surface area contributed by atoms with Crippen LogP contribution in [0.2, 0.25) is 0 Å². The van der Waals surface area contributed by atoms with E-state index in [1.54, 1.807) is 0 Å². The minimum Gasteiger partial charge on any atom is -0.344 e. The van der Waals surface area contributed by atoms with Crippen LogP contribution in [0.1, 0.15) is 80.4 Å². The van der Waals surface area contributed by atoms with Crippen LogP contribution < -0.4 is 4.90 Å². The Kier molecular flexibility index (Phi) is 28.2. The first-order valence-electron chi connectivity index (χ1n) is 14.2. The summed E-state index contributed by atoms with van der Waals surface area (Å²) in [5, 5.41) is 2.35. The van der Waals surface area contributed by atoms with E-state index in [1.165, 1.54) is 22.1 Å². The number of anilines is 2. The molecule has 0 aliphatic carbocycles. The number of hydrogen-bond donors (Lipinski definition) is 0. The summed E-state index contributed by atoms with van der Waals surface area (Å²) >= 11 is 0. The van der Waals surface area contributed by atoms with Crippen LogP contribution in [0, 0.1) is 0 Å². The Morgan fingerprint density at radius 3 is 1.27 bits per heavy atom. The fourth-order valence-electron chi connectivity index (χ4n) is 3.59. The first-order valence-corrected chi connectivity index (χ1v) is 12.8. The van der Waals surface area contributed by atoms with Gasteiger partial charge in [0.1, 0.15) is 0 Å². The van der Waals surface area contributed by atoms with Crippen molar-refractivity contribution in [1.82, 2.24) is 14.8 Å².